The summed E-state index contributed by atoms with van der Waals surface area (Å²) in [7, 11) is 1.95. The highest BCUT2D eigenvalue weighted by Crippen LogP contribution is 2.21. The summed E-state index contributed by atoms with van der Waals surface area (Å²) in [5, 5.41) is 3.80. The maximum Gasteiger partial charge on any atom is 0.270 e. The first-order valence-corrected chi connectivity index (χ1v) is 6.83. The van der Waals surface area contributed by atoms with E-state index in [4.69, 9.17) is 11.6 Å². The van der Waals surface area contributed by atoms with Crippen LogP contribution in [0.15, 0.2) is 12.3 Å². The van der Waals surface area contributed by atoms with Crippen molar-refractivity contribution in [2.45, 2.75) is 19.9 Å². The van der Waals surface area contributed by atoms with E-state index in [1.807, 2.05) is 29.6 Å². The van der Waals surface area contributed by atoms with Crippen molar-refractivity contribution in [2.75, 3.05) is 26.7 Å². The third-order valence-electron chi connectivity index (χ3n) is 3.49. The number of hydrogen-bond donors (Lipinski definition) is 1. The van der Waals surface area contributed by atoms with Gasteiger partial charge in [0.05, 0.1) is 5.02 Å². The van der Waals surface area contributed by atoms with Gasteiger partial charge in [-0.25, -0.2) is 0 Å². The second kappa shape index (κ2) is 5.76. The van der Waals surface area contributed by atoms with Gasteiger partial charge in [-0.2, -0.15) is 0 Å². The highest BCUT2D eigenvalue weighted by Gasteiger charge is 2.28. The van der Waals surface area contributed by atoms with Crippen LogP contribution in [0.2, 0.25) is 5.02 Å². The number of rotatable bonds is 4. The number of nitrogens with zero attached hydrogens (tertiary/aromatic N) is 2. The number of aromatic nitrogens is 1. The standard InChI is InChI=1S/C13H20ClN3O/c1-3-16-9-11(14)6-12(16)13(18)17-5-4-10(8-17)7-15-2/h6,9-10,15H,3-5,7-8H2,1-2H3. The number of hydrogen-bond acceptors (Lipinski definition) is 2. The second-order valence-electron chi connectivity index (χ2n) is 4.79. The van der Waals surface area contributed by atoms with Gasteiger partial charge in [0.2, 0.25) is 0 Å². The Hall–Kier alpha value is -1.00. The molecule has 1 unspecified atom stereocenters. The zero-order valence-electron chi connectivity index (χ0n) is 10.9. The number of amides is 1. The van der Waals surface area contributed by atoms with E-state index in [2.05, 4.69) is 5.32 Å². The summed E-state index contributed by atoms with van der Waals surface area (Å²) in [6.45, 7) is 5.44. The Morgan fingerprint density at radius 1 is 1.61 bits per heavy atom. The van der Waals surface area contributed by atoms with Crippen LogP contribution in [0.25, 0.3) is 0 Å². The number of halogens is 1. The fourth-order valence-corrected chi connectivity index (χ4v) is 2.77. The molecule has 1 aliphatic rings. The zero-order chi connectivity index (χ0) is 13.1. The van der Waals surface area contributed by atoms with Gasteiger partial charge in [0, 0.05) is 25.8 Å². The monoisotopic (exact) mass is 269 g/mol. The molecule has 0 spiro atoms. The maximum absolute atomic E-state index is 12.4. The van der Waals surface area contributed by atoms with E-state index in [0.29, 0.717) is 16.6 Å². The molecule has 1 atom stereocenters. The number of carbonyl (C=O) groups is 1. The molecule has 5 heteroatoms. The van der Waals surface area contributed by atoms with E-state index in [-0.39, 0.29) is 5.91 Å². The van der Waals surface area contributed by atoms with Crippen molar-refractivity contribution in [1.82, 2.24) is 14.8 Å². The van der Waals surface area contributed by atoms with E-state index in [0.717, 1.165) is 32.6 Å². The van der Waals surface area contributed by atoms with Gasteiger partial charge in [0.15, 0.2) is 0 Å². The summed E-state index contributed by atoms with van der Waals surface area (Å²) in [5.74, 6) is 0.668. The largest absolute Gasteiger partial charge is 0.342 e. The lowest BCUT2D eigenvalue weighted by Gasteiger charge is -2.17. The predicted molar refractivity (Wildman–Crippen MR) is 73.1 cm³/mol. The molecule has 0 saturated carbocycles. The second-order valence-corrected chi connectivity index (χ2v) is 5.23. The molecule has 1 aromatic heterocycles. The van der Waals surface area contributed by atoms with E-state index in [9.17, 15) is 4.79 Å². The van der Waals surface area contributed by atoms with Crippen LogP contribution >= 0.6 is 11.6 Å². The molecule has 4 nitrogen and oxygen atoms in total. The minimum absolute atomic E-state index is 0.0994. The Balaban J connectivity index is 2.07. The molecular weight excluding hydrogens is 250 g/mol. The van der Waals surface area contributed by atoms with Crippen molar-refractivity contribution in [3.05, 3.63) is 23.0 Å². The van der Waals surface area contributed by atoms with Crippen LogP contribution in [0.4, 0.5) is 0 Å². The van der Waals surface area contributed by atoms with Crippen molar-refractivity contribution in [3.8, 4) is 0 Å². The van der Waals surface area contributed by atoms with Crippen molar-refractivity contribution in [2.24, 2.45) is 5.92 Å². The van der Waals surface area contributed by atoms with Gasteiger partial charge in [-0.1, -0.05) is 11.6 Å². The molecule has 1 saturated heterocycles. The van der Waals surface area contributed by atoms with Crippen LogP contribution in [0.5, 0.6) is 0 Å². The summed E-state index contributed by atoms with van der Waals surface area (Å²) in [4.78, 5) is 14.3. The van der Waals surface area contributed by atoms with Crippen molar-refractivity contribution < 1.29 is 4.79 Å². The molecule has 100 valence electrons. The third kappa shape index (κ3) is 2.70. The SMILES string of the molecule is CCn1cc(Cl)cc1C(=O)N1CCC(CNC)C1. The van der Waals surface area contributed by atoms with E-state index in [1.54, 1.807) is 6.07 Å². The lowest BCUT2D eigenvalue weighted by molar-refractivity contribution is 0.0776. The van der Waals surface area contributed by atoms with Crippen LogP contribution in [-0.4, -0.2) is 42.1 Å². The molecule has 0 aliphatic carbocycles. The molecule has 0 aromatic carbocycles. The number of likely N-dealkylation sites (tertiary alicyclic amines) is 1. The van der Waals surface area contributed by atoms with Gasteiger partial charge in [-0.05, 0) is 38.9 Å². The summed E-state index contributed by atoms with van der Waals surface area (Å²) in [6.07, 6.45) is 2.89. The van der Waals surface area contributed by atoms with Crippen LogP contribution in [0.1, 0.15) is 23.8 Å². The molecule has 1 amide bonds. The van der Waals surface area contributed by atoms with Crippen molar-refractivity contribution in [1.29, 1.82) is 0 Å². The summed E-state index contributed by atoms with van der Waals surface area (Å²) >= 11 is 5.97. The Morgan fingerprint density at radius 2 is 2.39 bits per heavy atom. The maximum atomic E-state index is 12.4. The van der Waals surface area contributed by atoms with E-state index in [1.165, 1.54) is 0 Å². The number of nitrogens with one attached hydrogen (secondary N) is 1. The first kappa shape index (κ1) is 13.4. The van der Waals surface area contributed by atoms with Gasteiger partial charge in [-0.15, -0.1) is 0 Å². The van der Waals surface area contributed by atoms with Crippen LogP contribution in [0.3, 0.4) is 0 Å². The minimum Gasteiger partial charge on any atom is -0.342 e. The Morgan fingerprint density at radius 3 is 3.06 bits per heavy atom. The van der Waals surface area contributed by atoms with Gasteiger partial charge in [0.1, 0.15) is 5.69 Å². The Kier molecular flexibility index (Phi) is 4.30. The van der Waals surface area contributed by atoms with Crippen LogP contribution in [-0.2, 0) is 6.54 Å². The summed E-state index contributed by atoms with van der Waals surface area (Å²) in [5.41, 5.74) is 0.701. The molecule has 0 radical (unpaired) electrons. The third-order valence-corrected chi connectivity index (χ3v) is 3.70. The van der Waals surface area contributed by atoms with Crippen LogP contribution in [0, 0.1) is 5.92 Å². The summed E-state index contributed by atoms with van der Waals surface area (Å²) < 4.78 is 1.91. The normalized spacial score (nSPS) is 19.5. The van der Waals surface area contributed by atoms with Gasteiger partial charge in [-0.3, -0.25) is 4.79 Å². The molecule has 0 bridgehead atoms. The number of aryl methyl sites for hydroxylation is 1. The van der Waals surface area contributed by atoms with Gasteiger partial charge >= 0.3 is 0 Å². The molecule has 2 heterocycles. The molecular formula is C13H20ClN3O. The predicted octanol–water partition coefficient (Wildman–Crippen LogP) is 1.84. The first-order chi connectivity index (χ1) is 8.65. The van der Waals surface area contributed by atoms with Crippen molar-refractivity contribution in [3.63, 3.8) is 0 Å². The average molecular weight is 270 g/mol. The van der Waals surface area contributed by atoms with Crippen molar-refractivity contribution >= 4 is 17.5 Å². The number of carbonyl (C=O) groups excluding carboxylic acids is 1. The Labute approximate surface area is 113 Å². The fraction of sp³-hybridized carbons (Fsp3) is 0.615. The lowest BCUT2D eigenvalue weighted by Crippen LogP contribution is -2.31. The smallest absolute Gasteiger partial charge is 0.270 e. The lowest BCUT2D eigenvalue weighted by atomic mass is 10.1. The molecule has 1 aromatic rings. The summed E-state index contributed by atoms with van der Waals surface area (Å²) in [6, 6.07) is 1.76. The topological polar surface area (TPSA) is 37.3 Å². The van der Waals surface area contributed by atoms with Gasteiger partial charge < -0.3 is 14.8 Å². The van der Waals surface area contributed by atoms with Crippen LogP contribution < -0.4 is 5.32 Å². The van der Waals surface area contributed by atoms with E-state index < -0.39 is 0 Å². The minimum atomic E-state index is 0.0994. The van der Waals surface area contributed by atoms with E-state index >= 15 is 0 Å². The highest BCUT2D eigenvalue weighted by atomic mass is 35.5. The molecule has 1 fully saturated rings. The quantitative estimate of drug-likeness (QED) is 0.906. The zero-order valence-corrected chi connectivity index (χ0v) is 11.7. The fourth-order valence-electron chi connectivity index (χ4n) is 2.55. The molecule has 1 aliphatic heterocycles. The first-order valence-electron chi connectivity index (χ1n) is 6.45. The van der Waals surface area contributed by atoms with Gasteiger partial charge in [0.25, 0.3) is 5.91 Å². The average Bonchev–Trinajstić information content (AvgIpc) is 2.95. The Bertz CT molecular complexity index is 430. The molecule has 1 N–H and O–H groups in total. The highest BCUT2D eigenvalue weighted by molar-refractivity contribution is 6.31. The molecule has 18 heavy (non-hydrogen) atoms. The molecule has 2 rings (SSSR count).